The number of ether oxygens (including phenoxy) is 1. The molecule has 26 heavy (non-hydrogen) atoms. The Bertz CT molecular complexity index is 926. The smallest absolute Gasteiger partial charge is 0.311 e. The maximum atomic E-state index is 14.1. The summed E-state index contributed by atoms with van der Waals surface area (Å²) in [6.07, 6.45) is 0. The Morgan fingerprint density at radius 2 is 2.08 bits per heavy atom. The maximum absolute atomic E-state index is 14.1. The van der Waals surface area contributed by atoms with Crippen LogP contribution in [0.15, 0.2) is 41.2 Å². The van der Waals surface area contributed by atoms with Crippen LogP contribution in [0.2, 0.25) is 0 Å². The van der Waals surface area contributed by atoms with E-state index in [9.17, 15) is 19.1 Å². The van der Waals surface area contributed by atoms with Gasteiger partial charge in [0.25, 0.3) is 5.56 Å². The van der Waals surface area contributed by atoms with E-state index in [1.165, 1.54) is 13.2 Å². The van der Waals surface area contributed by atoms with Crippen LogP contribution in [-0.4, -0.2) is 35.4 Å². The second-order valence-corrected chi connectivity index (χ2v) is 6.71. The van der Waals surface area contributed by atoms with Gasteiger partial charge in [0.05, 0.1) is 24.6 Å². The van der Waals surface area contributed by atoms with Gasteiger partial charge in [0.2, 0.25) is 0 Å². The molecule has 2 bridgehead atoms. The number of hydrogen-bond donors (Lipinski definition) is 2. The van der Waals surface area contributed by atoms with E-state index in [0.717, 1.165) is 0 Å². The summed E-state index contributed by atoms with van der Waals surface area (Å²) in [5.41, 5.74) is 0.884. The molecule has 7 heteroatoms. The normalized spacial score (nSPS) is 26.4. The van der Waals surface area contributed by atoms with Crippen LogP contribution in [0.3, 0.4) is 0 Å². The van der Waals surface area contributed by atoms with Crippen LogP contribution in [-0.2, 0) is 16.1 Å². The zero-order valence-electron chi connectivity index (χ0n) is 14.2. The zero-order valence-corrected chi connectivity index (χ0v) is 14.2. The number of nitrogens with one attached hydrogen (secondary N) is 1. The number of carbonyl (C=O) groups is 1. The first-order valence-electron chi connectivity index (χ1n) is 8.50. The number of nitrogens with zero attached hydrogens (tertiary/aromatic N) is 1. The first kappa shape index (κ1) is 16.9. The number of rotatable bonds is 3. The van der Waals surface area contributed by atoms with Gasteiger partial charge in [-0.25, -0.2) is 4.39 Å². The van der Waals surface area contributed by atoms with Gasteiger partial charge in [-0.1, -0.05) is 18.2 Å². The summed E-state index contributed by atoms with van der Waals surface area (Å²) in [7, 11) is 1.31. The van der Waals surface area contributed by atoms with E-state index in [4.69, 9.17) is 4.74 Å². The van der Waals surface area contributed by atoms with E-state index in [0.29, 0.717) is 12.2 Å². The number of aromatic nitrogens is 1. The molecule has 2 aliphatic heterocycles. The van der Waals surface area contributed by atoms with E-state index in [1.807, 2.05) is 0 Å². The van der Waals surface area contributed by atoms with Gasteiger partial charge in [-0.15, -0.1) is 0 Å². The average Bonchev–Trinajstić information content (AvgIpc) is 2.95. The van der Waals surface area contributed by atoms with Gasteiger partial charge in [-0.05, 0) is 18.2 Å². The summed E-state index contributed by atoms with van der Waals surface area (Å²) in [4.78, 5) is 25.3. The molecule has 0 unspecified atom stereocenters. The standard InChI is InChI=1S/C19H19FN2O4/c1-26-19(25)16-12(9-23)14-8-22-15(17(16)21-14)7-6-11(18(22)24)10-4-2-3-5-13(10)20/h2-7,12,14,16-17,21,23H,8-9H2,1H3/t12-,14-,16+,17+/m0/s1. The van der Waals surface area contributed by atoms with Crippen LogP contribution >= 0.6 is 0 Å². The summed E-state index contributed by atoms with van der Waals surface area (Å²) in [6.45, 7) is 0.128. The van der Waals surface area contributed by atoms with E-state index >= 15 is 0 Å². The summed E-state index contributed by atoms with van der Waals surface area (Å²) in [5, 5.41) is 13.1. The number of benzene rings is 1. The molecule has 2 N–H and O–H groups in total. The highest BCUT2D eigenvalue weighted by atomic mass is 19.1. The van der Waals surface area contributed by atoms with E-state index < -0.39 is 23.7 Å². The van der Waals surface area contributed by atoms with Gasteiger partial charge in [-0.3, -0.25) is 9.59 Å². The molecule has 1 fully saturated rings. The number of methoxy groups -OCH3 is 1. The molecule has 3 heterocycles. The maximum Gasteiger partial charge on any atom is 0.311 e. The third-order valence-electron chi connectivity index (χ3n) is 5.48. The molecule has 2 aromatic rings. The molecule has 2 aliphatic rings. The van der Waals surface area contributed by atoms with Crippen LogP contribution < -0.4 is 10.9 Å². The number of hydrogen-bond acceptors (Lipinski definition) is 5. The zero-order chi connectivity index (χ0) is 18.4. The molecule has 6 nitrogen and oxygen atoms in total. The van der Waals surface area contributed by atoms with Crippen LogP contribution in [0.5, 0.6) is 0 Å². The lowest BCUT2D eigenvalue weighted by Gasteiger charge is -2.28. The molecular weight excluding hydrogens is 339 g/mol. The predicted molar refractivity (Wildman–Crippen MR) is 91.8 cm³/mol. The topological polar surface area (TPSA) is 80.6 Å². The van der Waals surface area contributed by atoms with Crippen molar-refractivity contribution in [3.8, 4) is 11.1 Å². The monoisotopic (exact) mass is 358 g/mol. The summed E-state index contributed by atoms with van der Waals surface area (Å²) in [6, 6.07) is 8.84. The lowest BCUT2D eigenvalue weighted by atomic mass is 9.87. The van der Waals surface area contributed by atoms with Crippen molar-refractivity contribution in [1.82, 2.24) is 9.88 Å². The minimum atomic E-state index is -0.567. The number of pyridine rings is 1. The van der Waals surface area contributed by atoms with Crippen LogP contribution in [0.25, 0.3) is 11.1 Å². The average molecular weight is 358 g/mol. The summed E-state index contributed by atoms with van der Waals surface area (Å²) >= 11 is 0. The van der Waals surface area contributed by atoms with Crippen molar-refractivity contribution < 1.29 is 19.0 Å². The number of aliphatic hydroxyl groups excluding tert-OH is 1. The number of carbonyl (C=O) groups excluding carboxylic acids is 1. The molecule has 0 aliphatic carbocycles. The van der Waals surface area contributed by atoms with Crippen molar-refractivity contribution in [1.29, 1.82) is 0 Å². The highest BCUT2D eigenvalue weighted by Crippen LogP contribution is 2.41. The fourth-order valence-electron chi connectivity index (χ4n) is 4.23. The van der Waals surface area contributed by atoms with Crippen molar-refractivity contribution in [3.63, 3.8) is 0 Å². The molecule has 4 atom stereocenters. The second-order valence-electron chi connectivity index (χ2n) is 6.71. The first-order chi connectivity index (χ1) is 12.6. The largest absolute Gasteiger partial charge is 0.469 e. The van der Waals surface area contributed by atoms with Gasteiger partial charge < -0.3 is 19.7 Å². The van der Waals surface area contributed by atoms with Crippen LogP contribution in [0.1, 0.15) is 11.7 Å². The Labute approximate surface area is 149 Å². The first-order valence-corrected chi connectivity index (χ1v) is 8.50. The van der Waals surface area contributed by atoms with Gasteiger partial charge in [0, 0.05) is 36.4 Å². The lowest BCUT2D eigenvalue weighted by molar-refractivity contribution is -0.147. The minimum absolute atomic E-state index is 0.184. The molecule has 0 saturated carbocycles. The highest BCUT2D eigenvalue weighted by Gasteiger charge is 2.51. The Hall–Kier alpha value is -2.51. The number of esters is 1. The van der Waals surface area contributed by atoms with Crippen LogP contribution in [0.4, 0.5) is 4.39 Å². The second kappa shape index (κ2) is 6.34. The molecule has 1 aromatic heterocycles. The molecule has 136 valence electrons. The predicted octanol–water partition coefficient (Wildman–Crippen LogP) is 1.08. The van der Waals surface area contributed by atoms with Gasteiger partial charge in [0.1, 0.15) is 5.82 Å². The summed E-state index contributed by atoms with van der Waals surface area (Å²) in [5.74, 6) is -1.78. The van der Waals surface area contributed by atoms with Gasteiger partial charge >= 0.3 is 5.97 Å². The van der Waals surface area contributed by atoms with Crippen molar-refractivity contribution >= 4 is 5.97 Å². The van der Waals surface area contributed by atoms with E-state index in [-0.39, 0.29) is 35.3 Å². The van der Waals surface area contributed by atoms with E-state index in [2.05, 4.69) is 5.32 Å². The molecule has 1 saturated heterocycles. The fraction of sp³-hybridized carbons (Fsp3) is 0.368. The quantitative estimate of drug-likeness (QED) is 0.803. The molecule has 0 spiro atoms. The lowest BCUT2D eigenvalue weighted by Crippen LogP contribution is -2.43. The van der Waals surface area contributed by atoms with Crippen molar-refractivity contribution in [2.45, 2.75) is 18.6 Å². The summed E-state index contributed by atoms with van der Waals surface area (Å²) < 4.78 is 20.6. The Balaban J connectivity index is 1.84. The third kappa shape index (κ3) is 2.39. The minimum Gasteiger partial charge on any atom is -0.469 e. The molecule has 0 amide bonds. The number of aliphatic hydroxyl groups is 1. The third-order valence-corrected chi connectivity index (χ3v) is 5.48. The van der Waals surface area contributed by atoms with Crippen molar-refractivity contribution in [2.24, 2.45) is 11.8 Å². The molecular formula is C19H19FN2O4. The Morgan fingerprint density at radius 3 is 2.77 bits per heavy atom. The molecule has 0 radical (unpaired) electrons. The number of fused-ring (bicyclic) bond motifs is 4. The van der Waals surface area contributed by atoms with Crippen molar-refractivity contribution in [2.75, 3.05) is 13.7 Å². The molecule has 4 rings (SSSR count). The Morgan fingerprint density at radius 1 is 1.31 bits per heavy atom. The Kier molecular flexibility index (Phi) is 4.13. The van der Waals surface area contributed by atoms with Gasteiger partial charge in [-0.2, -0.15) is 0 Å². The van der Waals surface area contributed by atoms with Gasteiger partial charge in [0.15, 0.2) is 0 Å². The SMILES string of the molecule is COC(=O)[C@@H]1[C@@H](CO)[C@@H]2Cn3c(ccc(-c4ccccc4F)c3=O)[C@H]1N2. The van der Waals surface area contributed by atoms with Crippen LogP contribution in [0, 0.1) is 17.7 Å². The molecule has 1 aromatic carbocycles. The van der Waals surface area contributed by atoms with Crippen molar-refractivity contribution in [3.05, 3.63) is 58.3 Å². The highest BCUT2D eigenvalue weighted by molar-refractivity contribution is 5.75. The fourth-order valence-corrected chi connectivity index (χ4v) is 4.23. The van der Waals surface area contributed by atoms with E-state index in [1.54, 1.807) is 34.9 Å². The number of halogens is 1.